The van der Waals surface area contributed by atoms with Gasteiger partial charge in [-0.25, -0.2) is 8.42 Å². The zero-order valence-electron chi connectivity index (χ0n) is 21.5. The summed E-state index contributed by atoms with van der Waals surface area (Å²) in [7, 11) is -3.57. The number of amides is 2. The lowest BCUT2D eigenvalue weighted by Gasteiger charge is -2.31. The van der Waals surface area contributed by atoms with E-state index in [0.717, 1.165) is 17.4 Å². The van der Waals surface area contributed by atoms with Crippen LogP contribution in [0.1, 0.15) is 49.8 Å². The van der Waals surface area contributed by atoms with Crippen molar-refractivity contribution in [2.75, 3.05) is 23.7 Å². The molecule has 198 valence electrons. The molecule has 1 atom stereocenters. The molecular weight excluding hydrogens is 521 g/mol. The lowest BCUT2D eigenvalue weighted by atomic mass is 10.1. The van der Waals surface area contributed by atoms with E-state index >= 15 is 0 Å². The Hall–Kier alpha value is -2.29. The van der Waals surface area contributed by atoms with Crippen LogP contribution in [0, 0.1) is 13.8 Å². The quantitative estimate of drug-likeness (QED) is 0.394. The maximum atomic E-state index is 13.5. The van der Waals surface area contributed by atoms with Crippen LogP contribution in [0.15, 0.2) is 36.4 Å². The van der Waals surface area contributed by atoms with Gasteiger partial charge in [0, 0.05) is 41.7 Å². The second kappa shape index (κ2) is 13.3. The van der Waals surface area contributed by atoms with Gasteiger partial charge in [-0.15, -0.1) is 0 Å². The summed E-state index contributed by atoms with van der Waals surface area (Å²) < 4.78 is 26.5. The van der Waals surface area contributed by atoms with Crippen molar-refractivity contribution in [1.82, 2.24) is 10.2 Å². The zero-order chi connectivity index (χ0) is 27.0. The number of benzene rings is 2. The van der Waals surface area contributed by atoms with Gasteiger partial charge in [-0.1, -0.05) is 48.3 Å². The summed E-state index contributed by atoms with van der Waals surface area (Å²) in [5.74, 6) is -0.539. The molecule has 0 unspecified atom stereocenters. The third-order valence-electron chi connectivity index (χ3n) is 6.12. The number of hydrogen-bond donors (Lipinski definition) is 1. The Morgan fingerprint density at radius 1 is 1.03 bits per heavy atom. The number of carbonyl (C=O) groups excluding carboxylic acids is 2. The first-order valence-corrected chi connectivity index (χ1v) is 14.6. The van der Waals surface area contributed by atoms with Gasteiger partial charge in [0.1, 0.15) is 6.04 Å². The molecule has 0 aliphatic rings. The summed E-state index contributed by atoms with van der Waals surface area (Å²) in [4.78, 5) is 27.7. The van der Waals surface area contributed by atoms with Crippen molar-refractivity contribution < 1.29 is 18.0 Å². The number of nitrogens with one attached hydrogen (secondary N) is 1. The molecule has 0 saturated carbocycles. The van der Waals surface area contributed by atoms with Crippen LogP contribution in [0.5, 0.6) is 0 Å². The van der Waals surface area contributed by atoms with Gasteiger partial charge < -0.3 is 10.2 Å². The van der Waals surface area contributed by atoms with Gasteiger partial charge in [-0.2, -0.15) is 0 Å². The highest BCUT2D eigenvalue weighted by atomic mass is 35.5. The van der Waals surface area contributed by atoms with E-state index in [1.165, 1.54) is 9.21 Å². The number of hydrogen-bond acceptors (Lipinski definition) is 4. The van der Waals surface area contributed by atoms with Gasteiger partial charge >= 0.3 is 0 Å². The Balaban J connectivity index is 2.29. The summed E-state index contributed by atoms with van der Waals surface area (Å²) in [6, 6.07) is 9.88. The number of carbonyl (C=O) groups is 2. The molecule has 2 amide bonds. The van der Waals surface area contributed by atoms with Crippen LogP contribution in [0.25, 0.3) is 0 Å². The highest BCUT2D eigenvalue weighted by molar-refractivity contribution is 7.92. The van der Waals surface area contributed by atoms with Crippen molar-refractivity contribution >= 4 is 50.7 Å². The molecule has 2 aromatic rings. The van der Waals surface area contributed by atoms with Crippen LogP contribution < -0.4 is 9.62 Å². The van der Waals surface area contributed by atoms with E-state index in [0.29, 0.717) is 34.3 Å². The van der Waals surface area contributed by atoms with Crippen LogP contribution in [0.4, 0.5) is 5.69 Å². The average Bonchev–Trinajstić information content (AvgIpc) is 2.80. The molecule has 0 aromatic heterocycles. The minimum Gasteiger partial charge on any atom is -0.355 e. The number of anilines is 1. The Kier molecular flexibility index (Phi) is 11.1. The minimum atomic E-state index is -3.57. The molecule has 0 spiro atoms. The van der Waals surface area contributed by atoms with E-state index < -0.39 is 16.1 Å². The molecule has 7 nitrogen and oxygen atoms in total. The molecule has 0 fully saturated rings. The lowest BCUT2D eigenvalue weighted by molar-refractivity contribution is -0.141. The zero-order valence-corrected chi connectivity index (χ0v) is 23.8. The van der Waals surface area contributed by atoms with E-state index in [2.05, 4.69) is 5.32 Å². The Morgan fingerprint density at radius 3 is 2.19 bits per heavy atom. The predicted molar refractivity (Wildman–Crippen MR) is 147 cm³/mol. The first kappa shape index (κ1) is 29.9. The summed E-state index contributed by atoms with van der Waals surface area (Å²) >= 11 is 12.7. The molecule has 36 heavy (non-hydrogen) atoms. The molecule has 10 heteroatoms. The number of aryl methyl sites for hydroxylation is 1. The summed E-state index contributed by atoms with van der Waals surface area (Å²) in [6.07, 6.45) is 1.88. The number of halogens is 2. The van der Waals surface area contributed by atoms with Crippen molar-refractivity contribution in [1.29, 1.82) is 0 Å². The fourth-order valence-electron chi connectivity index (χ4n) is 4.05. The molecule has 0 heterocycles. The number of rotatable bonds is 12. The molecule has 0 aliphatic carbocycles. The van der Waals surface area contributed by atoms with E-state index in [-0.39, 0.29) is 37.7 Å². The second-order valence-corrected chi connectivity index (χ2v) is 11.4. The van der Waals surface area contributed by atoms with Gasteiger partial charge in [0.15, 0.2) is 0 Å². The van der Waals surface area contributed by atoms with Crippen molar-refractivity contribution in [3.8, 4) is 0 Å². The molecule has 0 saturated heterocycles. The summed E-state index contributed by atoms with van der Waals surface area (Å²) in [5, 5.41) is 3.60. The lowest BCUT2D eigenvalue weighted by Crippen LogP contribution is -2.49. The Morgan fingerprint density at radius 2 is 1.64 bits per heavy atom. The van der Waals surface area contributed by atoms with E-state index in [9.17, 15) is 18.0 Å². The molecule has 0 radical (unpaired) electrons. The van der Waals surface area contributed by atoms with Gasteiger partial charge in [0.25, 0.3) is 0 Å². The van der Waals surface area contributed by atoms with Gasteiger partial charge in [0.2, 0.25) is 21.8 Å². The maximum Gasteiger partial charge on any atom is 0.242 e. The van der Waals surface area contributed by atoms with Crippen LogP contribution in [0.3, 0.4) is 0 Å². The van der Waals surface area contributed by atoms with Crippen molar-refractivity contribution in [3.05, 3.63) is 63.1 Å². The minimum absolute atomic E-state index is 0.0505. The van der Waals surface area contributed by atoms with Crippen LogP contribution in [0.2, 0.25) is 10.0 Å². The standard InChI is InChI=1S/C26H35Cl2N3O4S/c1-6-23(26(33)29-7-2)30(17-20-21(27)12-9-13-22(20)28)25(32)15-10-16-31(36(5,34)35)24-14-8-11-18(3)19(24)4/h8-9,11-14,23H,6-7,10,15-17H2,1-5H3,(H,29,33)/t23-/m0/s1. The fourth-order valence-corrected chi connectivity index (χ4v) is 5.59. The third kappa shape index (κ3) is 7.60. The van der Waals surface area contributed by atoms with Crippen LogP contribution in [-0.4, -0.2) is 50.5 Å². The Bertz CT molecular complexity index is 1170. The third-order valence-corrected chi connectivity index (χ3v) is 8.01. The highest BCUT2D eigenvalue weighted by Crippen LogP contribution is 2.28. The van der Waals surface area contributed by atoms with Gasteiger partial charge in [-0.3, -0.25) is 13.9 Å². The monoisotopic (exact) mass is 555 g/mol. The average molecular weight is 557 g/mol. The second-order valence-electron chi connectivity index (χ2n) is 8.70. The fraction of sp³-hybridized carbons (Fsp3) is 0.462. The van der Waals surface area contributed by atoms with Crippen LogP contribution >= 0.6 is 23.2 Å². The molecule has 1 N–H and O–H groups in total. The SMILES string of the molecule is CCNC(=O)[C@H](CC)N(Cc1c(Cl)cccc1Cl)C(=O)CCCN(c1cccc(C)c1C)S(C)(=O)=O. The molecular formula is C26H35Cl2N3O4S. The maximum absolute atomic E-state index is 13.5. The Labute approximate surface area is 224 Å². The number of nitrogens with zero attached hydrogens (tertiary/aromatic N) is 2. The summed E-state index contributed by atoms with van der Waals surface area (Å²) in [6.45, 7) is 8.08. The largest absolute Gasteiger partial charge is 0.355 e. The van der Waals surface area contributed by atoms with Crippen molar-refractivity contribution in [2.45, 2.75) is 59.5 Å². The van der Waals surface area contributed by atoms with E-state index in [1.807, 2.05) is 39.8 Å². The van der Waals surface area contributed by atoms with E-state index in [4.69, 9.17) is 23.2 Å². The normalized spacial score (nSPS) is 12.2. The molecule has 0 aliphatic heterocycles. The molecule has 2 aromatic carbocycles. The summed E-state index contributed by atoms with van der Waals surface area (Å²) in [5.41, 5.74) is 3.00. The van der Waals surface area contributed by atoms with Crippen molar-refractivity contribution in [2.24, 2.45) is 0 Å². The van der Waals surface area contributed by atoms with Crippen molar-refractivity contribution in [3.63, 3.8) is 0 Å². The van der Waals surface area contributed by atoms with Crippen LogP contribution in [-0.2, 0) is 26.2 Å². The molecule has 0 bridgehead atoms. The first-order chi connectivity index (χ1) is 16.9. The van der Waals surface area contributed by atoms with Gasteiger partial charge in [0.05, 0.1) is 11.9 Å². The number of sulfonamides is 1. The smallest absolute Gasteiger partial charge is 0.242 e. The predicted octanol–water partition coefficient (Wildman–Crippen LogP) is 5.10. The topological polar surface area (TPSA) is 86.8 Å². The first-order valence-electron chi connectivity index (χ1n) is 12.0. The number of likely N-dealkylation sites (N-methyl/N-ethyl adjacent to an activating group) is 1. The van der Waals surface area contributed by atoms with Gasteiger partial charge in [-0.05, 0) is 62.9 Å². The molecule has 2 rings (SSSR count). The highest BCUT2D eigenvalue weighted by Gasteiger charge is 2.29. The van der Waals surface area contributed by atoms with E-state index in [1.54, 1.807) is 24.3 Å².